The van der Waals surface area contributed by atoms with Crippen molar-refractivity contribution in [2.75, 3.05) is 11.9 Å². The summed E-state index contributed by atoms with van der Waals surface area (Å²) in [7, 11) is 2.13. The lowest BCUT2D eigenvalue weighted by molar-refractivity contribution is 0.475. The highest BCUT2D eigenvalue weighted by atomic mass is 16.3. The Morgan fingerprint density at radius 3 is 2.06 bits per heavy atom. The summed E-state index contributed by atoms with van der Waals surface area (Å²) in [5, 5.41) is 9.33. The molecule has 0 fully saturated rings. The quantitative estimate of drug-likeness (QED) is 0.871. The molecule has 0 bridgehead atoms. The van der Waals surface area contributed by atoms with E-state index in [0.29, 0.717) is 11.8 Å². The van der Waals surface area contributed by atoms with Crippen molar-refractivity contribution in [1.82, 2.24) is 0 Å². The van der Waals surface area contributed by atoms with Crippen LogP contribution in [0.1, 0.15) is 11.1 Å². The number of hydrogen-bond donors (Lipinski definition) is 1. The van der Waals surface area contributed by atoms with Gasteiger partial charge in [0.1, 0.15) is 5.75 Å². The molecule has 0 heterocycles. The first-order chi connectivity index (χ1) is 8.74. The van der Waals surface area contributed by atoms with Crippen molar-refractivity contribution in [2.24, 2.45) is 0 Å². The number of benzene rings is 2. The maximum absolute atomic E-state index is 9.33. The Hall–Kier alpha value is -1.96. The first kappa shape index (κ1) is 11.1. The number of anilines is 1. The topological polar surface area (TPSA) is 23.5 Å². The van der Waals surface area contributed by atoms with Gasteiger partial charge in [-0.15, -0.1) is 0 Å². The number of hydrogen-bond acceptors (Lipinski definition) is 2. The molecule has 0 amide bonds. The molecular formula is C16H17NO. The zero-order valence-corrected chi connectivity index (χ0v) is 10.5. The van der Waals surface area contributed by atoms with Gasteiger partial charge < -0.3 is 10.0 Å². The standard InChI is InChI=1S/C16H17NO/c1-17(14-6-8-16(18)9-7-14)15-10-12-4-2-3-5-13(12)11-15/h2-9,15,18H,10-11H2,1H3. The first-order valence-corrected chi connectivity index (χ1v) is 6.32. The molecule has 1 aliphatic carbocycles. The van der Waals surface area contributed by atoms with Gasteiger partial charge in [0.2, 0.25) is 0 Å². The van der Waals surface area contributed by atoms with Crippen molar-refractivity contribution in [2.45, 2.75) is 18.9 Å². The summed E-state index contributed by atoms with van der Waals surface area (Å²) < 4.78 is 0. The fourth-order valence-corrected chi connectivity index (χ4v) is 2.71. The third kappa shape index (κ3) is 1.94. The third-order valence-electron chi connectivity index (χ3n) is 3.83. The second-order valence-corrected chi connectivity index (χ2v) is 4.96. The van der Waals surface area contributed by atoms with Gasteiger partial charge in [0.15, 0.2) is 0 Å². The molecule has 0 saturated heterocycles. The molecule has 0 saturated carbocycles. The number of phenols is 1. The molecule has 0 radical (unpaired) electrons. The number of aromatic hydroxyl groups is 1. The van der Waals surface area contributed by atoms with Crippen LogP contribution in [0, 0.1) is 0 Å². The van der Waals surface area contributed by atoms with Crippen molar-refractivity contribution in [3.63, 3.8) is 0 Å². The summed E-state index contributed by atoms with van der Waals surface area (Å²) in [6, 6.07) is 16.6. The Kier molecular flexibility index (Phi) is 2.71. The molecule has 18 heavy (non-hydrogen) atoms. The van der Waals surface area contributed by atoms with Crippen LogP contribution in [-0.2, 0) is 12.8 Å². The highest BCUT2D eigenvalue weighted by Gasteiger charge is 2.24. The van der Waals surface area contributed by atoms with Crippen molar-refractivity contribution >= 4 is 5.69 Å². The summed E-state index contributed by atoms with van der Waals surface area (Å²) >= 11 is 0. The van der Waals surface area contributed by atoms with E-state index in [9.17, 15) is 5.11 Å². The molecule has 0 unspecified atom stereocenters. The van der Waals surface area contributed by atoms with E-state index in [0.717, 1.165) is 18.5 Å². The lowest BCUT2D eigenvalue weighted by Crippen LogP contribution is -2.31. The highest BCUT2D eigenvalue weighted by Crippen LogP contribution is 2.28. The van der Waals surface area contributed by atoms with E-state index in [2.05, 4.69) is 36.2 Å². The minimum absolute atomic E-state index is 0.321. The van der Waals surface area contributed by atoms with Gasteiger partial charge in [-0.05, 0) is 48.2 Å². The number of phenolic OH excluding ortho intramolecular Hbond substituents is 1. The van der Waals surface area contributed by atoms with Crippen LogP contribution in [0.5, 0.6) is 5.75 Å². The minimum Gasteiger partial charge on any atom is -0.508 e. The Morgan fingerprint density at radius 1 is 0.944 bits per heavy atom. The second-order valence-electron chi connectivity index (χ2n) is 4.96. The predicted molar refractivity (Wildman–Crippen MR) is 74.1 cm³/mol. The molecule has 0 spiro atoms. The van der Waals surface area contributed by atoms with Crippen LogP contribution in [0.15, 0.2) is 48.5 Å². The van der Waals surface area contributed by atoms with Gasteiger partial charge in [0.05, 0.1) is 0 Å². The summed E-state index contributed by atoms with van der Waals surface area (Å²) in [5.41, 5.74) is 4.09. The normalized spacial score (nSPS) is 14.5. The average Bonchev–Trinajstić information content (AvgIpc) is 2.82. The van der Waals surface area contributed by atoms with E-state index in [1.54, 1.807) is 12.1 Å². The SMILES string of the molecule is CN(c1ccc(O)cc1)C1Cc2ccccc2C1. The van der Waals surface area contributed by atoms with Crippen molar-refractivity contribution in [1.29, 1.82) is 0 Å². The molecule has 0 aromatic heterocycles. The maximum atomic E-state index is 9.33. The third-order valence-corrected chi connectivity index (χ3v) is 3.83. The fourth-order valence-electron chi connectivity index (χ4n) is 2.71. The predicted octanol–water partition coefficient (Wildman–Crippen LogP) is 3.00. The Labute approximate surface area is 107 Å². The van der Waals surface area contributed by atoms with Crippen molar-refractivity contribution in [3.8, 4) is 5.75 Å². The molecule has 2 aromatic rings. The minimum atomic E-state index is 0.321. The number of rotatable bonds is 2. The van der Waals surface area contributed by atoms with Crippen LogP contribution >= 0.6 is 0 Å². The zero-order valence-electron chi connectivity index (χ0n) is 10.5. The molecule has 2 heteroatoms. The van der Waals surface area contributed by atoms with E-state index in [-0.39, 0.29) is 0 Å². The molecule has 1 N–H and O–H groups in total. The molecule has 0 atom stereocenters. The molecule has 1 aliphatic rings. The summed E-state index contributed by atoms with van der Waals surface area (Å²) in [5.74, 6) is 0.321. The smallest absolute Gasteiger partial charge is 0.115 e. The molecule has 92 valence electrons. The average molecular weight is 239 g/mol. The first-order valence-electron chi connectivity index (χ1n) is 6.32. The molecule has 2 aromatic carbocycles. The highest BCUT2D eigenvalue weighted by molar-refractivity contribution is 5.51. The van der Waals surface area contributed by atoms with Crippen LogP contribution in [-0.4, -0.2) is 18.2 Å². The summed E-state index contributed by atoms with van der Waals surface area (Å²) in [4.78, 5) is 2.30. The lowest BCUT2D eigenvalue weighted by atomic mass is 10.1. The molecular weight excluding hydrogens is 222 g/mol. The molecule has 2 nitrogen and oxygen atoms in total. The van der Waals surface area contributed by atoms with Crippen LogP contribution < -0.4 is 4.90 Å². The van der Waals surface area contributed by atoms with Crippen LogP contribution in [0.25, 0.3) is 0 Å². The molecule has 3 rings (SSSR count). The maximum Gasteiger partial charge on any atom is 0.115 e. The van der Waals surface area contributed by atoms with E-state index in [1.807, 2.05) is 12.1 Å². The van der Waals surface area contributed by atoms with E-state index >= 15 is 0 Å². The summed E-state index contributed by atoms with van der Waals surface area (Å²) in [6.07, 6.45) is 2.21. The summed E-state index contributed by atoms with van der Waals surface area (Å²) in [6.45, 7) is 0. The van der Waals surface area contributed by atoms with Crippen LogP contribution in [0.4, 0.5) is 5.69 Å². The largest absolute Gasteiger partial charge is 0.508 e. The second kappa shape index (κ2) is 4.37. The van der Waals surface area contributed by atoms with Crippen LogP contribution in [0.3, 0.4) is 0 Å². The number of fused-ring (bicyclic) bond motifs is 1. The number of nitrogens with zero attached hydrogens (tertiary/aromatic N) is 1. The van der Waals surface area contributed by atoms with Gasteiger partial charge in [0.25, 0.3) is 0 Å². The van der Waals surface area contributed by atoms with Crippen LogP contribution in [0.2, 0.25) is 0 Å². The van der Waals surface area contributed by atoms with Gasteiger partial charge in [0, 0.05) is 18.8 Å². The van der Waals surface area contributed by atoms with Gasteiger partial charge in [-0.2, -0.15) is 0 Å². The Balaban J connectivity index is 1.80. The fraction of sp³-hybridized carbons (Fsp3) is 0.250. The van der Waals surface area contributed by atoms with Gasteiger partial charge in [-0.1, -0.05) is 24.3 Å². The van der Waals surface area contributed by atoms with E-state index in [1.165, 1.54) is 11.1 Å². The van der Waals surface area contributed by atoms with Gasteiger partial charge >= 0.3 is 0 Å². The lowest BCUT2D eigenvalue weighted by Gasteiger charge is -2.26. The Morgan fingerprint density at radius 2 is 1.50 bits per heavy atom. The zero-order chi connectivity index (χ0) is 12.5. The van der Waals surface area contributed by atoms with Gasteiger partial charge in [-0.25, -0.2) is 0 Å². The molecule has 0 aliphatic heterocycles. The number of likely N-dealkylation sites (N-methyl/N-ethyl adjacent to an activating group) is 1. The van der Waals surface area contributed by atoms with Crippen molar-refractivity contribution < 1.29 is 5.11 Å². The van der Waals surface area contributed by atoms with E-state index < -0.39 is 0 Å². The van der Waals surface area contributed by atoms with E-state index in [4.69, 9.17) is 0 Å². The van der Waals surface area contributed by atoms with Gasteiger partial charge in [-0.3, -0.25) is 0 Å². The van der Waals surface area contributed by atoms with Crippen molar-refractivity contribution in [3.05, 3.63) is 59.7 Å². The Bertz CT molecular complexity index is 522. The monoisotopic (exact) mass is 239 g/mol.